The monoisotopic (exact) mass is 190 g/mol. The van der Waals surface area contributed by atoms with Crippen LogP contribution in [0.3, 0.4) is 0 Å². The second kappa shape index (κ2) is 3.18. The predicted molar refractivity (Wildman–Crippen MR) is 61.0 cm³/mol. The van der Waals surface area contributed by atoms with E-state index in [1.54, 1.807) is 0 Å². The summed E-state index contributed by atoms with van der Waals surface area (Å²) in [5.41, 5.74) is 7.44. The zero-order valence-corrected chi connectivity index (χ0v) is 7.88. The van der Waals surface area contributed by atoms with Gasteiger partial charge < -0.3 is 10.5 Å². The lowest BCUT2D eigenvalue weighted by Gasteiger charge is -2.05. The summed E-state index contributed by atoms with van der Waals surface area (Å²) in [6.07, 6.45) is 0. The number of benzene rings is 2. The normalized spacial score (nSPS) is 10.2. The summed E-state index contributed by atoms with van der Waals surface area (Å²) in [5, 5.41) is 2.26. The first kappa shape index (κ1) is 8.26. The van der Waals surface area contributed by atoms with Crippen LogP contribution in [0, 0.1) is 0 Å². The van der Waals surface area contributed by atoms with E-state index in [9.17, 15) is 0 Å². The van der Waals surface area contributed by atoms with Gasteiger partial charge in [0.1, 0.15) is 0 Å². The van der Waals surface area contributed by atoms with Crippen molar-refractivity contribution in [1.29, 1.82) is 0 Å². The van der Waals surface area contributed by atoms with Crippen molar-refractivity contribution >= 4 is 35.0 Å². The van der Waals surface area contributed by atoms with Crippen molar-refractivity contribution < 1.29 is 0 Å². The molecule has 13 heavy (non-hydrogen) atoms. The minimum atomic E-state index is 0.767. The van der Waals surface area contributed by atoms with Gasteiger partial charge in [-0.15, -0.1) is 0 Å². The van der Waals surface area contributed by atoms with Gasteiger partial charge in [-0.3, -0.25) is 0 Å². The molecule has 2 aromatic rings. The SMILES string of the molecule is Nc1ccc2cccc(NS)c2c1. The van der Waals surface area contributed by atoms with Crippen LogP contribution in [0.5, 0.6) is 0 Å². The third kappa shape index (κ3) is 1.42. The third-order valence-electron chi connectivity index (χ3n) is 2.03. The predicted octanol–water partition coefficient (Wildman–Crippen LogP) is 2.68. The van der Waals surface area contributed by atoms with E-state index in [4.69, 9.17) is 5.73 Å². The summed E-state index contributed by atoms with van der Waals surface area (Å²) in [5.74, 6) is 0. The van der Waals surface area contributed by atoms with Gasteiger partial charge >= 0.3 is 0 Å². The van der Waals surface area contributed by atoms with Crippen LogP contribution >= 0.6 is 12.8 Å². The van der Waals surface area contributed by atoms with Crippen molar-refractivity contribution in [3.05, 3.63) is 36.4 Å². The topological polar surface area (TPSA) is 38.0 Å². The van der Waals surface area contributed by atoms with Crippen LogP contribution in [0.2, 0.25) is 0 Å². The molecule has 0 aliphatic heterocycles. The first-order chi connectivity index (χ1) is 6.31. The van der Waals surface area contributed by atoms with E-state index in [0.717, 1.165) is 22.1 Å². The molecule has 0 heterocycles. The molecule has 0 radical (unpaired) electrons. The number of anilines is 2. The van der Waals surface area contributed by atoms with Crippen LogP contribution < -0.4 is 10.5 Å². The number of hydrogen-bond donors (Lipinski definition) is 3. The van der Waals surface area contributed by atoms with Gasteiger partial charge in [-0.2, -0.15) is 0 Å². The van der Waals surface area contributed by atoms with E-state index in [0.29, 0.717) is 0 Å². The minimum Gasteiger partial charge on any atom is -0.399 e. The third-order valence-corrected chi connectivity index (χ3v) is 2.27. The van der Waals surface area contributed by atoms with Crippen molar-refractivity contribution in [2.24, 2.45) is 0 Å². The summed E-state index contributed by atoms with van der Waals surface area (Å²) in [7, 11) is 0. The molecule has 3 N–H and O–H groups in total. The maximum atomic E-state index is 5.69. The van der Waals surface area contributed by atoms with Crippen molar-refractivity contribution in [1.82, 2.24) is 0 Å². The fourth-order valence-electron chi connectivity index (χ4n) is 1.39. The first-order valence-electron chi connectivity index (χ1n) is 3.99. The molecule has 0 unspecified atom stereocenters. The average molecular weight is 190 g/mol. The molecular formula is C10H10N2S. The van der Waals surface area contributed by atoms with Crippen molar-refractivity contribution in [3.63, 3.8) is 0 Å². The van der Waals surface area contributed by atoms with Gasteiger partial charge in [0, 0.05) is 11.1 Å². The Morgan fingerprint density at radius 3 is 2.77 bits per heavy atom. The van der Waals surface area contributed by atoms with E-state index in [2.05, 4.69) is 17.5 Å². The van der Waals surface area contributed by atoms with Crippen LogP contribution in [0.1, 0.15) is 0 Å². The highest BCUT2D eigenvalue weighted by molar-refractivity contribution is 7.81. The smallest absolute Gasteiger partial charge is 0.0517 e. The molecule has 3 heteroatoms. The van der Waals surface area contributed by atoms with Crippen LogP contribution in [0.25, 0.3) is 10.8 Å². The summed E-state index contributed by atoms with van der Waals surface area (Å²) in [6.45, 7) is 0. The number of hydrogen-bond acceptors (Lipinski definition) is 3. The lowest BCUT2D eigenvalue weighted by molar-refractivity contribution is 1.71. The number of fused-ring (bicyclic) bond motifs is 1. The van der Waals surface area contributed by atoms with Crippen LogP contribution in [-0.4, -0.2) is 0 Å². The molecule has 0 bridgehead atoms. The second-order valence-electron chi connectivity index (χ2n) is 2.90. The van der Waals surface area contributed by atoms with Gasteiger partial charge in [0.05, 0.1) is 5.69 Å². The summed E-state index contributed by atoms with van der Waals surface area (Å²) in [6, 6.07) is 11.8. The number of rotatable bonds is 1. The van der Waals surface area contributed by atoms with Crippen LogP contribution in [-0.2, 0) is 0 Å². The van der Waals surface area contributed by atoms with E-state index in [-0.39, 0.29) is 0 Å². The van der Waals surface area contributed by atoms with E-state index < -0.39 is 0 Å². The molecular weight excluding hydrogens is 180 g/mol. The lowest BCUT2D eigenvalue weighted by atomic mass is 10.1. The molecule has 2 aromatic carbocycles. The lowest BCUT2D eigenvalue weighted by Crippen LogP contribution is -1.87. The maximum absolute atomic E-state index is 5.69. The summed E-state index contributed by atoms with van der Waals surface area (Å²) in [4.78, 5) is 0. The van der Waals surface area contributed by atoms with E-state index in [1.165, 1.54) is 0 Å². The highest BCUT2D eigenvalue weighted by Crippen LogP contribution is 2.25. The Bertz CT molecular complexity index is 440. The van der Waals surface area contributed by atoms with Crippen molar-refractivity contribution in [3.8, 4) is 0 Å². The average Bonchev–Trinajstić information content (AvgIpc) is 2.17. The fraction of sp³-hybridized carbons (Fsp3) is 0. The molecule has 2 nitrogen and oxygen atoms in total. The Hall–Kier alpha value is -1.35. The molecule has 0 spiro atoms. The van der Waals surface area contributed by atoms with Gasteiger partial charge in [0.2, 0.25) is 0 Å². The minimum absolute atomic E-state index is 0.767. The van der Waals surface area contributed by atoms with Crippen molar-refractivity contribution in [2.45, 2.75) is 0 Å². The first-order valence-corrected chi connectivity index (χ1v) is 4.44. The zero-order valence-electron chi connectivity index (χ0n) is 6.99. The standard InChI is InChI=1S/C10H10N2S/c11-8-5-4-7-2-1-3-10(12-13)9(7)6-8/h1-6,12-13H,11H2. The Kier molecular flexibility index (Phi) is 2.02. The number of nitrogens with two attached hydrogens (primary N) is 1. The number of nitrogens with one attached hydrogen (secondary N) is 1. The van der Waals surface area contributed by atoms with E-state index >= 15 is 0 Å². The molecule has 0 fully saturated rings. The number of thiol groups is 1. The zero-order chi connectivity index (χ0) is 9.26. The summed E-state index contributed by atoms with van der Waals surface area (Å²) >= 11 is 4.03. The Morgan fingerprint density at radius 1 is 1.15 bits per heavy atom. The van der Waals surface area contributed by atoms with Crippen molar-refractivity contribution in [2.75, 3.05) is 10.5 Å². The van der Waals surface area contributed by atoms with Gasteiger partial charge in [-0.25, -0.2) is 0 Å². The molecule has 0 saturated heterocycles. The molecule has 66 valence electrons. The Labute approximate surface area is 82.3 Å². The fourth-order valence-corrected chi connectivity index (χ4v) is 1.58. The highest BCUT2D eigenvalue weighted by Gasteiger charge is 1.98. The molecule has 0 amide bonds. The van der Waals surface area contributed by atoms with Crippen LogP contribution in [0.15, 0.2) is 36.4 Å². The molecule has 0 saturated carbocycles. The van der Waals surface area contributed by atoms with Gasteiger partial charge in [0.15, 0.2) is 0 Å². The van der Waals surface area contributed by atoms with Crippen LogP contribution in [0.4, 0.5) is 11.4 Å². The summed E-state index contributed by atoms with van der Waals surface area (Å²) < 4.78 is 2.84. The molecule has 0 aliphatic carbocycles. The Balaban J connectivity index is 2.79. The maximum Gasteiger partial charge on any atom is 0.0517 e. The van der Waals surface area contributed by atoms with Gasteiger partial charge in [0.25, 0.3) is 0 Å². The Morgan fingerprint density at radius 2 is 2.00 bits per heavy atom. The second-order valence-corrected chi connectivity index (χ2v) is 3.12. The van der Waals surface area contributed by atoms with Gasteiger partial charge in [-0.05, 0) is 23.6 Å². The quantitative estimate of drug-likeness (QED) is 0.478. The molecule has 0 aliphatic rings. The largest absolute Gasteiger partial charge is 0.399 e. The molecule has 0 aromatic heterocycles. The molecule has 2 rings (SSSR count). The van der Waals surface area contributed by atoms with Gasteiger partial charge in [-0.1, -0.05) is 31.0 Å². The number of nitrogen functional groups attached to an aromatic ring is 1. The molecule has 0 atom stereocenters. The highest BCUT2D eigenvalue weighted by atomic mass is 32.1. The van der Waals surface area contributed by atoms with E-state index in [1.807, 2.05) is 36.4 Å².